The zero-order chi connectivity index (χ0) is 15.2. The SMILES string of the molecule is COC(=O)c1cccc(CNc2cc(CO)ccc2Cl)c1. The summed E-state index contributed by atoms with van der Waals surface area (Å²) in [5.74, 6) is -0.364. The molecule has 2 aromatic rings. The fourth-order valence-corrected chi connectivity index (χ4v) is 2.11. The molecule has 0 aliphatic heterocycles. The molecule has 110 valence electrons. The average molecular weight is 306 g/mol. The second-order valence-electron chi connectivity index (χ2n) is 4.52. The zero-order valence-electron chi connectivity index (χ0n) is 11.6. The second-order valence-corrected chi connectivity index (χ2v) is 4.93. The molecule has 0 amide bonds. The van der Waals surface area contributed by atoms with Crippen LogP contribution in [0.15, 0.2) is 42.5 Å². The molecule has 2 rings (SSSR count). The summed E-state index contributed by atoms with van der Waals surface area (Å²) in [6, 6.07) is 12.5. The highest BCUT2D eigenvalue weighted by atomic mass is 35.5. The summed E-state index contributed by atoms with van der Waals surface area (Å²) in [4.78, 5) is 11.5. The first-order valence-electron chi connectivity index (χ1n) is 6.44. The first-order valence-corrected chi connectivity index (χ1v) is 6.82. The molecule has 2 N–H and O–H groups in total. The zero-order valence-corrected chi connectivity index (χ0v) is 12.4. The van der Waals surface area contributed by atoms with Crippen molar-refractivity contribution in [2.24, 2.45) is 0 Å². The van der Waals surface area contributed by atoms with E-state index >= 15 is 0 Å². The lowest BCUT2D eigenvalue weighted by atomic mass is 10.1. The minimum atomic E-state index is -0.364. The van der Waals surface area contributed by atoms with Crippen molar-refractivity contribution in [1.82, 2.24) is 0 Å². The molecule has 0 aliphatic carbocycles. The Morgan fingerprint density at radius 2 is 2.05 bits per heavy atom. The number of aliphatic hydroxyl groups is 1. The van der Waals surface area contributed by atoms with Gasteiger partial charge < -0.3 is 15.2 Å². The molecule has 0 heterocycles. The number of rotatable bonds is 5. The maximum absolute atomic E-state index is 11.5. The third-order valence-electron chi connectivity index (χ3n) is 3.04. The molecular formula is C16H16ClNO3. The third kappa shape index (κ3) is 3.97. The van der Waals surface area contributed by atoms with Crippen LogP contribution in [0.1, 0.15) is 21.5 Å². The molecule has 0 bridgehead atoms. The number of anilines is 1. The van der Waals surface area contributed by atoms with Crippen molar-refractivity contribution in [2.45, 2.75) is 13.2 Å². The van der Waals surface area contributed by atoms with Gasteiger partial charge in [-0.15, -0.1) is 0 Å². The number of methoxy groups -OCH3 is 1. The van der Waals surface area contributed by atoms with Crippen molar-refractivity contribution in [3.63, 3.8) is 0 Å². The largest absolute Gasteiger partial charge is 0.465 e. The van der Waals surface area contributed by atoms with Gasteiger partial charge in [0.05, 0.1) is 30.0 Å². The van der Waals surface area contributed by atoms with Crippen molar-refractivity contribution in [1.29, 1.82) is 0 Å². The Labute approximate surface area is 128 Å². The Hall–Kier alpha value is -2.04. The van der Waals surface area contributed by atoms with E-state index in [9.17, 15) is 4.79 Å². The van der Waals surface area contributed by atoms with Crippen LogP contribution in [0.2, 0.25) is 5.02 Å². The van der Waals surface area contributed by atoms with E-state index in [0.29, 0.717) is 17.1 Å². The monoisotopic (exact) mass is 305 g/mol. The van der Waals surface area contributed by atoms with Crippen LogP contribution in [-0.2, 0) is 17.9 Å². The number of carbonyl (C=O) groups excluding carboxylic acids is 1. The highest BCUT2D eigenvalue weighted by molar-refractivity contribution is 6.33. The smallest absolute Gasteiger partial charge is 0.337 e. The van der Waals surface area contributed by atoms with Crippen LogP contribution < -0.4 is 5.32 Å². The van der Waals surface area contributed by atoms with Gasteiger partial charge >= 0.3 is 5.97 Å². The maximum Gasteiger partial charge on any atom is 0.337 e. The Morgan fingerprint density at radius 3 is 2.76 bits per heavy atom. The number of carbonyl (C=O) groups is 1. The molecule has 5 heteroatoms. The summed E-state index contributed by atoms with van der Waals surface area (Å²) in [7, 11) is 1.35. The van der Waals surface area contributed by atoms with E-state index in [1.165, 1.54) is 7.11 Å². The molecule has 0 saturated carbocycles. The van der Waals surface area contributed by atoms with Gasteiger partial charge in [0.2, 0.25) is 0 Å². The minimum absolute atomic E-state index is 0.0380. The van der Waals surface area contributed by atoms with E-state index < -0.39 is 0 Å². The molecule has 0 aliphatic rings. The molecule has 0 saturated heterocycles. The highest BCUT2D eigenvalue weighted by Crippen LogP contribution is 2.23. The lowest BCUT2D eigenvalue weighted by Crippen LogP contribution is -2.04. The predicted octanol–water partition coefficient (Wildman–Crippen LogP) is 3.23. The Kier molecular flexibility index (Phi) is 5.20. The van der Waals surface area contributed by atoms with Crippen LogP contribution in [-0.4, -0.2) is 18.2 Å². The molecular weight excluding hydrogens is 290 g/mol. The van der Waals surface area contributed by atoms with Crippen molar-refractivity contribution in [3.05, 3.63) is 64.2 Å². The number of nitrogens with one attached hydrogen (secondary N) is 1. The molecule has 21 heavy (non-hydrogen) atoms. The van der Waals surface area contributed by atoms with Gasteiger partial charge in [-0.05, 0) is 35.4 Å². The van der Waals surface area contributed by atoms with Gasteiger partial charge in [0.15, 0.2) is 0 Å². The lowest BCUT2D eigenvalue weighted by molar-refractivity contribution is 0.0600. The topological polar surface area (TPSA) is 58.6 Å². The number of hydrogen-bond acceptors (Lipinski definition) is 4. The van der Waals surface area contributed by atoms with E-state index in [1.807, 2.05) is 6.07 Å². The predicted molar refractivity (Wildman–Crippen MR) is 82.5 cm³/mol. The molecule has 2 aromatic carbocycles. The number of benzene rings is 2. The minimum Gasteiger partial charge on any atom is -0.465 e. The molecule has 0 spiro atoms. The molecule has 0 unspecified atom stereocenters. The van der Waals surface area contributed by atoms with Crippen molar-refractivity contribution < 1.29 is 14.6 Å². The number of ether oxygens (including phenoxy) is 1. The van der Waals surface area contributed by atoms with Gasteiger partial charge in [-0.3, -0.25) is 0 Å². The third-order valence-corrected chi connectivity index (χ3v) is 3.37. The summed E-state index contributed by atoms with van der Waals surface area (Å²) in [5.41, 5.74) is 2.97. The first kappa shape index (κ1) is 15.4. The quantitative estimate of drug-likeness (QED) is 0.833. The number of aliphatic hydroxyl groups excluding tert-OH is 1. The van der Waals surface area contributed by atoms with Gasteiger partial charge in [0, 0.05) is 6.54 Å². The lowest BCUT2D eigenvalue weighted by Gasteiger charge is -2.10. The van der Waals surface area contributed by atoms with Crippen molar-refractivity contribution in [3.8, 4) is 0 Å². The summed E-state index contributed by atoms with van der Waals surface area (Å²) >= 11 is 6.11. The first-order chi connectivity index (χ1) is 10.1. The van der Waals surface area contributed by atoms with Gasteiger partial charge in [0.25, 0.3) is 0 Å². The van der Waals surface area contributed by atoms with E-state index in [1.54, 1.807) is 36.4 Å². The van der Waals surface area contributed by atoms with Crippen LogP contribution in [0.25, 0.3) is 0 Å². The molecule has 0 aromatic heterocycles. The van der Waals surface area contributed by atoms with Crippen molar-refractivity contribution in [2.75, 3.05) is 12.4 Å². The number of esters is 1. The van der Waals surface area contributed by atoms with Crippen molar-refractivity contribution >= 4 is 23.3 Å². The van der Waals surface area contributed by atoms with E-state index in [-0.39, 0.29) is 12.6 Å². The van der Waals surface area contributed by atoms with Gasteiger partial charge in [-0.2, -0.15) is 0 Å². The van der Waals surface area contributed by atoms with Crippen LogP contribution in [0, 0.1) is 0 Å². The average Bonchev–Trinajstić information content (AvgIpc) is 2.53. The van der Waals surface area contributed by atoms with Gasteiger partial charge in [-0.1, -0.05) is 29.8 Å². The Bertz CT molecular complexity index is 643. The summed E-state index contributed by atoms with van der Waals surface area (Å²) < 4.78 is 4.70. The fourth-order valence-electron chi connectivity index (χ4n) is 1.93. The molecule has 4 nitrogen and oxygen atoms in total. The summed E-state index contributed by atoms with van der Waals surface area (Å²) in [5, 5.41) is 12.9. The van der Waals surface area contributed by atoms with Crippen LogP contribution in [0.5, 0.6) is 0 Å². The Balaban J connectivity index is 2.11. The summed E-state index contributed by atoms with van der Waals surface area (Å²) in [6.45, 7) is 0.475. The van der Waals surface area contributed by atoms with Gasteiger partial charge in [0.1, 0.15) is 0 Å². The number of hydrogen-bond donors (Lipinski definition) is 2. The normalized spacial score (nSPS) is 10.2. The van der Waals surface area contributed by atoms with E-state index in [4.69, 9.17) is 21.4 Å². The van der Waals surface area contributed by atoms with Crippen LogP contribution in [0.4, 0.5) is 5.69 Å². The van der Waals surface area contributed by atoms with E-state index in [0.717, 1.165) is 16.8 Å². The van der Waals surface area contributed by atoms with Crippen LogP contribution in [0.3, 0.4) is 0 Å². The van der Waals surface area contributed by atoms with Gasteiger partial charge in [-0.25, -0.2) is 4.79 Å². The second kappa shape index (κ2) is 7.11. The van der Waals surface area contributed by atoms with E-state index in [2.05, 4.69) is 5.32 Å². The maximum atomic E-state index is 11.5. The molecule has 0 radical (unpaired) electrons. The highest BCUT2D eigenvalue weighted by Gasteiger charge is 2.06. The van der Waals surface area contributed by atoms with Crippen LogP contribution >= 0.6 is 11.6 Å². The number of halogens is 1. The molecule has 0 fully saturated rings. The summed E-state index contributed by atoms with van der Waals surface area (Å²) in [6.07, 6.45) is 0. The fraction of sp³-hybridized carbons (Fsp3) is 0.188. The Morgan fingerprint density at radius 1 is 1.24 bits per heavy atom. The molecule has 0 atom stereocenters. The standard InChI is InChI=1S/C16H16ClNO3/c1-21-16(20)13-4-2-3-11(7-13)9-18-15-8-12(10-19)5-6-14(15)17/h2-8,18-19H,9-10H2,1H3.